The number of aromatic nitrogens is 1. The van der Waals surface area contributed by atoms with Crippen molar-refractivity contribution in [2.24, 2.45) is 0 Å². The number of pyridine rings is 1. The van der Waals surface area contributed by atoms with Gasteiger partial charge < -0.3 is 5.32 Å². The van der Waals surface area contributed by atoms with Gasteiger partial charge in [0, 0.05) is 30.3 Å². The van der Waals surface area contributed by atoms with Gasteiger partial charge in [-0.2, -0.15) is 0 Å². The molecule has 0 saturated heterocycles. The molecule has 0 radical (unpaired) electrons. The first-order chi connectivity index (χ1) is 12.6. The molecule has 0 aliphatic carbocycles. The number of amides is 2. The van der Waals surface area contributed by atoms with Crippen molar-refractivity contribution in [3.8, 4) is 11.1 Å². The van der Waals surface area contributed by atoms with Gasteiger partial charge in [-0.3, -0.25) is 9.88 Å². The van der Waals surface area contributed by atoms with Crippen LogP contribution in [0.15, 0.2) is 60.9 Å². The van der Waals surface area contributed by atoms with Crippen molar-refractivity contribution in [1.82, 2.24) is 4.98 Å². The summed E-state index contributed by atoms with van der Waals surface area (Å²) in [5.74, 6) is 0. The molecule has 6 heteroatoms. The molecule has 0 atom stereocenters. The first kappa shape index (κ1) is 16.9. The minimum Gasteiger partial charge on any atom is -0.307 e. The molecule has 1 aromatic heterocycles. The molecule has 1 aliphatic rings. The fourth-order valence-electron chi connectivity index (χ4n) is 3.08. The number of nitrogens with zero attached hydrogens (tertiary/aromatic N) is 2. The number of urea groups is 1. The summed E-state index contributed by atoms with van der Waals surface area (Å²) in [4.78, 5) is 18.6. The van der Waals surface area contributed by atoms with E-state index in [1.807, 2.05) is 18.2 Å². The number of nitrogens with one attached hydrogen (secondary N) is 1. The molecule has 3 aromatic rings. The molecule has 4 rings (SSSR count). The van der Waals surface area contributed by atoms with Gasteiger partial charge in [0.1, 0.15) is 0 Å². The number of halogens is 2. The van der Waals surface area contributed by atoms with Gasteiger partial charge in [-0.05, 0) is 59.5 Å². The lowest BCUT2D eigenvalue weighted by Crippen LogP contribution is -2.33. The van der Waals surface area contributed by atoms with Gasteiger partial charge in [-0.15, -0.1) is 0 Å². The van der Waals surface area contributed by atoms with E-state index in [2.05, 4.69) is 22.4 Å². The third kappa shape index (κ3) is 3.26. The zero-order valence-electron chi connectivity index (χ0n) is 13.7. The average molecular weight is 384 g/mol. The van der Waals surface area contributed by atoms with Crippen LogP contribution in [0, 0.1) is 0 Å². The topological polar surface area (TPSA) is 45.2 Å². The minimum absolute atomic E-state index is 0.186. The summed E-state index contributed by atoms with van der Waals surface area (Å²) in [5, 5.41) is 3.75. The Morgan fingerprint density at radius 2 is 1.77 bits per heavy atom. The Hall–Kier alpha value is -2.56. The summed E-state index contributed by atoms with van der Waals surface area (Å²) in [7, 11) is 0. The summed E-state index contributed by atoms with van der Waals surface area (Å²) in [6.45, 7) is 0.641. The molecule has 2 aromatic carbocycles. The quantitative estimate of drug-likeness (QED) is 0.621. The molecule has 0 bridgehead atoms. The lowest BCUT2D eigenvalue weighted by Gasteiger charge is -2.19. The van der Waals surface area contributed by atoms with E-state index in [1.165, 1.54) is 0 Å². The van der Waals surface area contributed by atoms with Crippen LogP contribution in [-0.2, 0) is 6.42 Å². The number of hydrogen-bond acceptors (Lipinski definition) is 2. The Morgan fingerprint density at radius 1 is 0.962 bits per heavy atom. The lowest BCUT2D eigenvalue weighted by atomic mass is 10.0. The van der Waals surface area contributed by atoms with Crippen molar-refractivity contribution in [3.63, 3.8) is 0 Å². The van der Waals surface area contributed by atoms with E-state index in [1.54, 1.807) is 35.5 Å². The Bertz CT molecular complexity index is 976. The maximum Gasteiger partial charge on any atom is 0.326 e. The van der Waals surface area contributed by atoms with Crippen LogP contribution in [0.4, 0.5) is 16.2 Å². The fourth-order valence-corrected chi connectivity index (χ4v) is 3.38. The highest BCUT2D eigenvalue weighted by Gasteiger charge is 2.25. The zero-order chi connectivity index (χ0) is 18.1. The fraction of sp³-hybridized carbons (Fsp3) is 0.100. The standard InChI is InChI=1S/C20H15Cl2N3O/c21-17-4-3-16(12-18(17)22)24-20(26)25-10-7-14-1-2-15(11-19(14)25)13-5-8-23-9-6-13/h1-6,8-9,11-12H,7,10H2,(H,24,26). The highest BCUT2D eigenvalue weighted by molar-refractivity contribution is 6.42. The van der Waals surface area contributed by atoms with Gasteiger partial charge in [-0.1, -0.05) is 35.3 Å². The van der Waals surface area contributed by atoms with Crippen LogP contribution < -0.4 is 10.2 Å². The lowest BCUT2D eigenvalue weighted by molar-refractivity contribution is 0.257. The van der Waals surface area contributed by atoms with Crippen LogP contribution in [0.5, 0.6) is 0 Å². The second-order valence-electron chi connectivity index (χ2n) is 6.04. The summed E-state index contributed by atoms with van der Waals surface area (Å²) in [6, 6.07) is 15.0. The maximum absolute atomic E-state index is 12.8. The van der Waals surface area contributed by atoms with Crippen molar-refractivity contribution in [2.45, 2.75) is 6.42 Å². The van der Waals surface area contributed by atoms with Crippen LogP contribution in [-0.4, -0.2) is 17.6 Å². The van der Waals surface area contributed by atoms with Gasteiger partial charge in [0.15, 0.2) is 0 Å². The largest absolute Gasteiger partial charge is 0.326 e. The predicted molar refractivity (Wildman–Crippen MR) is 106 cm³/mol. The van der Waals surface area contributed by atoms with E-state index in [0.717, 1.165) is 28.8 Å². The summed E-state index contributed by atoms with van der Waals surface area (Å²) in [6.07, 6.45) is 4.36. The predicted octanol–water partition coefficient (Wildman–Crippen LogP) is 5.65. The van der Waals surface area contributed by atoms with E-state index in [9.17, 15) is 4.79 Å². The molecule has 2 heterocycles. The Morgan fingerprint density at radius 3 is 2.54 bits per heavy atom. The Balaban J connectivity index is 1.60. The Kier molecular flexibility index (Phi) is 4.53. The van der Waals surface area contributed by atoms with Crippen LogP contribution in [0.1, 0.15) is 5.56 Å². The first-order valence-corrected chi connectivity index (χ1v) is 8.94. The zero-order valence-corrected chi connectivity index (χ0v) is 15.3. The van der Waals surface area contributed by atoms with Gasteiger partial charge in [0.25, 0.3) is 0 Å². The molecule has 2 amide bonds. The molecule has 0 spiro atoms. The number of rotatable bonds is 2. The summed E-state index contributed by atoms with van der Waals surface area (Å²) >= 11 is 12.0. The van der Waals surface area contributed by atoms with E-state index >= 15 is 0 Å². The number of benzene rings is 2. The maximum atomic E-state index is 12.8. The normalized spacial score (nSPS) is 12.8. The van der Waals surface area contributed by atoms with Crippen molar-refractivity contribution in [2.75, 3.05) is 16.8 Å². The number of fused-ring (bicyclic) bond motifs is 1. The second kappa shape index (κ2) is 6.98. The molecule has 1 aliphatic heterocycles. The first-order valence-electron chi connectivity index (χ1n) is 8.19. The summed E-state index contributed by atoms with van der Waals surface area (Å²) < 4.78 is 0. The van der Waals surface area contributed by atoms with Crippen molar-refractivity contribution in [3.05, 3.63) is 76.5 Å². The molecular weight excluding hydrogens is 369 g/mol. The SMILES string of the molecule is O=C(Nc1ccc(Cl)c(Cl)c1)N1CCc2ccc(-c3ccncc3)cc21. The van der Waals surface area contributed by atoms with E-state index in [-0.39, 0.29) is 6.03 Å². The highest BCUT2D eigenvalue weighted by atomic mass is 35.5. The van der Waals surface area contributed by atoms with Crippen LogP contribution >= 0.6 is 23.2 Å². The molecular formula is C20H15Cl2N3O. The van der Waals surface area contributed by atoms with E-state index in [0.29, 0.717) is 22.3 Å². The van der Waals surface area contributed by atoms with Gasteiger partial charge >= 0.3 is 6.03 Å². The monoisotopic (exact) mass is 383 g/mol. The molecule has 1 N–H and O–H groups in total. The van der Waals surface area contributed by atoms with Crippen LogP contribution in [0.2, 0.25) is 10.0 Å². The third-order valence-electron chi connectivity index (χ3n) is 4.41. The highest BCUT2D eigenvalue weighted by Crippen LogP contribution is 2.33. The molecule has 0 saturated carbocycles. The molecule has 0 unspecified atom stereocenters. The van der Waals surface area contributed by atoms with Crippen LogP contribution in [0.25, 0.3) is 11.1 Å². The average Bonchev–Trinajstić information content (AvgIpc) is 3.09. The molecule has 26 heavy (non-hydrogen) atoms. The molecule has 130 valence electrons. The van der Waals surface area contributed by atoms with Crippen LogP contribution in [0.3, 0.4) is 0 Å². The molecule has 0 fully saturated rings. The number of carbonyl (C=O) groups excluding carboxylic acids is 1. The van der Waals surface area contributed by atoms with Crippen molar-refractivity contribution >= 4 is 40.6 Å². The number of hydrogen-bond donors (Lipinski definition) is 1. The Labute approximate surface area is 161 Å². The smallest absolute Gasteiger partial charge is 0.307 e. The van der Waals surface area contributed by atoms with Gasteiger partial charge in [-0.25, -0.2) is 4.79 Å². The second-order valence-corrected chi connectivity index (χ2v) is 6.85. The number of carbonyl (C=O) groups is 1. The van der Waals surface area contributed by atoms with Gasteiger partial charge in [0.2, 0.25) is 0 Å². The molecule has 4 nitrogen and oxygen atoms in total. The van der Waals surface area contributed by atoms with E-state index in [4.69, 9.17) is 23.2 Å². The van der Waals surface area contributed by atoms with E-state index < -0.39 is 0 Å². The third-order valence-corrected chi connectivity index (χ3v) is 5.15. The summed E-state index contributed by atoms with van der Waals surface area (Å²) in [5.41, 5.74) is 4.83. The minimum atomic E-state index is -0.186. The van der Waals surface area contributed by atoms with Crippen molar-refractivity contribution < 1.29 is 4.79 Å². The number of anilines is 2. The van der Waals surface area contributed by atoms with Gasteiger partial charge in [0.05, 0.1) is 10.0 Å². The van der Waals surface area contributed by atoms with Crippen molar-refractivity contribution in [1.29, 1.82) is 0 Å².